The maximum Gasteiger partial charge on any atom is 0.334 e. The molecular weight excluding hydrogens is 236 g/mol. The first-order chi connectivity index (χ1) is 6.25. The number of hydrogen-bond acceptors (Lipinski definition) is 2. The van der Waals surface area contributed by atoms with Gasteiger partial charge < -0.3 is 10.7 Å². The molecule has 0 saturated heterocycles. The van der Waals surface area contributed by atoms with Crippen LogP contribution in [0.2, 0.25) is 0 Å². The van der Waals surface area contributed by atoms with E-state index in [1.54, 1.807) is 21.4 Å². The van der Waals surface area contributed by atoms with Crippen LogP contribution in [0.5, 0.6) is 0 Å². The van der Waals surface area contributed by atoms with Gasteiger partial charge in [0.25, 0.3) is 0 Å². The van der Waals surface area contributed by atoms with Gasteiger partial charge in [0, 0.05) is 25.5 Å². The molecule has 3 N–H and O–H groups in total. The summed E-state index contributed by atoms with van der Waals surface area (Å²) in [5.41, 5.74) is 6.08. The van der Waals surface area contributed by atoms with Crippen LogP contribution in [0, 0.1) is 0 Å². The maximum atomic E-state index is 11.6. The minimum absolute atomic E-state index is 0.0754. The third-order valence-corrected chi connectivity index (χ3v) is 2.71. The second-order valence-electron chi connectivity index (χ2n) is 2.69. The van der Waals surface area contributed by atoms with Crippen LogP contribution in [0.25, 0.3) is 5.65 Å². The SMILES string of the molecule is NCCn1c(Br)c2[nH]ccn2c1=O. The van der Waals surface area contributed by atoms with Crippen LogP contribution in [-0.2, 0) is 6.54 Å². The lowest BCUT2D eigenvalue weighted by Gasteiger charge is -1.97. The fourth-order valence-electron chi connectivity index (χ4n) is 1.32. The lowest BCUT2D eigenvalue weighted by atomic mass is 10.6. The number of hydrogen-bond donors (Lipinski definition) is 2. The van der Waals surface area contributed by atoms with E-state index in [4.69, 9.17) is 5.73 Å². The van der Waals surface area contributed by atoms with Gasteiger partial charge in [-0.25, -0.2) is 4.79 Å². The van der Waals surface area contributed by atoms with Crippen LogP contribution >= 0.6 is 15.9 Å². The topological polar surface area (TPSA) is 68.2 Å². The van der Waals surface area contributed by atoms with E-state index in [0.717, 1.165) is 10.3 Å². The molecule has 0 amide bonds. The Kier molecular flexibility index (Phi) is 2.01. The molecule has 0 aliphatic rings. The van der Waals surface area contributed by atoms with Gasteiger partial charge in [-0.3, -0.25) is 8.97 Å². The van der Waals surface area contributed by atoms with Crippen LogP contribution in [0.4, 0.5) is 0 Å². The van der Waals surface area contributed by atoms with Crippen molar-refractivity contribution in [3.8, 4) is 0 Å². The summed E-state index contributed by atoms with van der Waals surface area (Å²) in [5, 5.41) is 0. The van der Waals surface area contributed by atoms with Gasteiger partial charge in [0.1, 0.15) is 10.3 Å². The monoisotopic (exact) mass is 244 g/mol. The average Bonchev–Trinajstić information content (AvgIpc) is 2.66. The highest BCUT2D eigenvalue weighted by Crippen LogP contribution is 2.14. The van der Waals surface area contributed by atoms with Crippen molar-refractivity contribution >= 4 is 21.6 Å². The zero-order chi connectivity index (χ0) is 9.42. The summed E-state index contributed by atoms with van der Waals surface area (Å²) >= 11 is 3.34. The number of halogens is 1. The summed E-state index contributed by atoms with van der Waals surface area (Å²) < 4.78 is 3.87. The molecule has 0 fully saturated rings. The van der Waals surface area contributed by atoms with Crippen LogP contribution in [0.3, 0.4) is 0 Å². The lowest BCUT2D eigenvalue weighted by Crippen LogP contribution is -2.23. The highest BCUT2D eigenvalue weighted by atomic mass is 79.9. The molecule has 5 nitrogen and oxygen atoms in total. The van der Waals surface area contributed by atoms with E-state index < -0.39 is 0 Å². The summed E-state index contributed by atoms with van der Waals surface area (Å²) in [4.78, 5) is 14.6. The first kappa shape index (κ1) is 8.58. The molecule has 0 aliphatic heterocycles. The molecule has 0 atom stereocenters. The van der Waals surface area contributed by atoms with Gasteiger partial charge in [-0.05, 0) is 15.9 Å². The molecular formula is C7H9BrN4O. The predicted molar refractivity (Wildman–Crippen MR) is 52.8 cm³/mol. The first-order valence-electron chi connectivity index (χ1n) is 3.89. The highest BCUT2D eigenvalue weighted by molar-refractivity contribution is 9.10. The number of nitrogens with one attached hydrogen (secondary N) is 1. The summed E-state index contributed by atoms with van der Waals surface area (Å²) in [6.45, 7) is 0.973. The molecule has 2 aromatic heterocycles. The van der Waals surface area contributed by atoms with E-state index in [0.29, 0.717) is 13.1 Å². The smallest absolute Gasteiger partial charge is 0.334 e. The third-order valence-electron chi connectivity index (χ3n) is 1.91. The fraction of sp³-hybridized carbons (Fsp3) is 0.286. The zero-order valence-corrected chi connectivity index (χ0v) is 8.41. The summed E-state index contributed by atoms with van der Waals surface area (Å²) in [7, 11) is 0. The van der Waals surface area contributed by atoms with Crippen molar-refractivity contribution in [1.29, 1.82) is 0 Å². The molecule has 0 unspecified atom stereocenters. The normalized spacial score (nSPS) is 11.2. The number of nitrogens with two attached hydrogens (primary N) is 1. The second-order valence-corrected chi connectivity index (χ2v) is 3.44. The largest absolute Gasteiger partial charge is 0.344 e. The molecule has 0 radical (unpaired) electrons. The molecule has 0 aromatic carbocycles. The fourth-order valence-corrected chi connectivity index (χ4v) is 1.95. The number of aromatic nitrogens is 3. The molecule has 2 heterocycles. The van der Waals surface area contributed by atoms with E-state index in [2.05, 4.69) is 20.9 Å². The Balaban J connectivity index is 2.75. The predicted octanol–water partition coefficient (Wildman–Crippen LogP) is 0.150. The number of imidazole rings is 2. The molecule has 70 valence electrons. The lowest BCUT2D eigenvalue weighted by molar-refractivity contribution is 0.664. The van der Waals surface area contributed by atoms with Gasteiger partial charge in [-0.1, -0.05) is 0 Å². The van der Waals surface area contributed by atoms with Crippen molar-refractivity contribution in [2.24, 2.45) is 5.73 Å². The maximum absolute atomic E-state index is 11.6. The van der Waals surface area contributed by atoms with Crippen molar-refractivity contribution in [2.45, 2.75) is 6.54 Å². The zero-order valence-electron chi connectivity index (χ0n) is 6.83. The van der Waals surface area contributed by atoms with E-state index >= 15 is 0 Å². The van der Waals surface area contributed by atoms with Gasteiger partial charge in [0.05, 0.1) is 0 Å². The second kappa shape index (κ2) is 3.04. The van der Waals surface area contributed by atoms with Gasteiger partial charge in [-0.2, -0.15) is 0 Å². The number of rotatable bonds is 2. The summed E-state index contributed by atoms with van der Waals surface area (Å²) in [6.07, 6.45) is 3.41. The Hall–Kier alpha value is -1.01. The van der Waals surface area contributed by atoms with Gasteiger partial charge in [-0.15, -0.1) is 0 Å². The van der Waals surface area contributed by atoms with E-state index in [-0.39, 0.29) is 5.69 Å². The minimum Gasteiger partial charge on any atom is -0.344 e. The van der Waals surface area contributed by atoms with Crippen molar-refractivity contribution in [2.75, 3.05) is 6.54 Å². The Morgan fingerprint density at radius 1 is 1.62 bits per heavy atom. The van der Waals surface area contributed by atoms with Gasteiger partial charge in [0.15, 0.2) is 0 Å². The number of fused-ring (bicyclic) bond motifs is 1. The Labute approximate surface area is 82.3 Å². The first-order valence-corrected chi connectivity index (χ1v) is 4.69. The van der Waals surface area contributed by atoms with Crippen LogP contribution < -0.4 is 11.4 Å². The molecule has 6 heteroatoms. The molecule has 2 rings (SSSR count). The Morgan fingerprint density at radius 3 is 3.00 bits per heavy atom. The van der Waals surface area contributed by atoms with Crippen LogP contribution in [0.1, 0.15) is 0 Å². The molecule has 0 aliphatic carbocycles. The summed E-state index contributed by atoms with van der Waals surface area (Å²) in [6, 6.07) is 0. The van der Waals surface area contributed by atoms with E-state index in [1.807, 2.05) is 0 Å². The van der Waals surface area contributed by atoms with Crippen molar-refractivity contribution in [3.63, 3.8) is 0 Å². The van der Waals surface area contributed by atoms with Crippen molar-refractivity contribution < 1.29 is 0 Å². The molecule has 0 saturated carbocycles. The molecule has 0 spiro atoms. The van der Waals surface area contributed by atoms with E-state index in [1.165, 1.54) is 0 Å². The average molecular weight is 245 g/mol. The van der Waals surface area contributed by atoms with Gasteiger partial charge >= 0.3 is 5.69 Å². The quantitative estimate of drug-likeness (QED) is 0.790. The van der Waals surface area contributed by atoms with E-state index in [9.17, 15) is 4.79 Å². The standard InChI is InChI=1S/C7H9BrN4O/c8-5-6-10-2-4-12(6)7(13)11(5)3-1-9/h2,4,10H,1,3,9H2. The van der Waals surface area contributed by atoms with Crippen molar-refractivity contribution in [3.05, 3.63) is 27.5 Å². The van der Waals surface area contributed by atoms with Crippen molar-refractivity contribution in [1.82, 2.24) is 14.0 Å². The molecule has 13 heavy (non-hydrogen) atoms. The van der Waals surface area contributed by atoms with Gasteiger partial charge in [0.2, 0.25) is 0 Å². The number of aromatic amines is 1. The molecule has 0 bridgehead atoms. The number of nitrogens with zero attached hydrogens (tertiary/aromatic N) is 2. The van der Waals surface area contributed by atoms with Crippen LogP contribution in [-0.4, -0.2) is 20.5 Å². The molecule has 2 aromatic rings. The third kappa shape index (κ3) is 1.13. The minimum atomic E-state index is -0.0754. The summed E-state index contributed by atoms with van der Waals surface area (Å²) in [5.74, 6) is 0. The Morgan fingerprint density at radius 2 is 2.38 bits per heavy atom. The Bertz CT molecular complexity index is 480. The number of H-pyrrole nitrogens is 1. The van der Waals surface area contributed by atoms with Crippen LogP contribution in [0.15, 0.2) is 21.8 Å². The highest BCUT2D eigenvalue weighted by Gasteiger charge is 2.11.